The molecule has 1 aliphatic carbocycles. The van der Waals surface area contributed by atoms with Crippen molar-refractivity contribution in [1.29, 1.82) is 0 Å². The van der Waals surface area contributed by atoms with Crippen molar-refractivity contribution in [3.05, 3.63) is 11.1 Å². The van der Waals surface area contributed by atoms with Crippen LogP contribution in [0.15, 0.2) is 11.1 Å². The van der Waals surface area contributed by atoms with E-state index in [0.717, 1.165) is 19.3 Å². The Morgan fingerprint density at radius 3 is 2.06 bits per heavy atom. The maximum absolute atomic E-state index is 12.0. The second-order valence-corrected chi connectivity index (χ2v) is 6.14. The molecule has 1 heteroatoms. The summed E-state index contributed by atoms with van der Waals surface area (Å²) in [6.07, 6.45) is 11.9. The topological polar surface area (TPSA) is 17.1 Å². The van der Waals surface area contributed by atoms with E-state index in [1.807, 2.05) is 0 Å². The van der Waals surface area contributed by atoms with E-state index in [2.05, 4.69) is 20.8 Å². The zero-order valence-corrected chi connectivity index (χ0v) is 12.6. The third kappa shape index (κ3) is 5.84. The third-order valence-corrected chi connectivity index (χ3v) is 4.38. The first kappa shape index (κ1) is 15.5. The molecule has 0 bridgehead atoms. The van der Waals surface area contributed by atoms with Crippen molar-refractivity contribution in [2.75, 3.05) is 0 Å². The largest absolute Gasteiger partial charge is 0.300 e. The highest BCUT2D eigenvalue weighted by Gasteiger charge is 2.16. The van der Waals surface area contributed by atoms with Crippen molar-refractivity contribution in [2.45, 2.75) is 85.0 Å². The first-order chi connectivity index (χ1) is 8.61. The number of hydrogen-bond acceptors (Lipinski definition) is 1. The first-order valence-electron chi connectivity index (χ1n) is 7.77. The SMILES string of the molecule is CC(C)=C(C)C1CCCCCCCCCC(=O)C1. The van der Waals surface area contributed by atoms with E-state index in [1.165, 1.54) is 56.1 Å². The van der Waals surface area contributed by atoms with E-state index in [1.54, 1.807) is 0 Å². The highest BCUT2D eigenvalue weighted by Crippen LogP contribution is 2.26. The molecule has 0 aromatic heterocycles. The average molecular weight is 250 g/mol. The van der Waals surface area contributed by atoms with Crippen molar-refractivity contribution >= 4 is 5.78 Å². The molecule has 0 aromatic rings. The molecule has 0 aliphatic heterocycles. The molecular weight excluding hydrogens is 220 g/mol. The van der Waals surface area contributed by atoms with Crippen molar-refractivity contribution in [1.82, 2.24) is 0 Å². The second kappa shape index (κ2) is 8.50. The van der Waals surface area contributed by atoms with Gasteiger partial charge in [0.05, 0.1) is 0 Å². The lowest BCUT2D eigenvalue weighted by Crippen LogP contribution is -2.11. The van der Waals surface area contributed by atoms with Gasteiger partial charge in [-0.1, -0.05) is 49.7 Å². The maximum Gasteiger partial charge on any atom is 0.133 e. The first-order valence-corrected chi connectivity index (χ1v) is 7.77. The molecule has 1 unspecified atom stereocenters. The van der Waals surface area contributed by atoms with Gasteiger partial charge in [-0.05, 0) is 39.5 Å². The molecule has 0 radical (unpaired) electrons. The lowest BCUT2D eigenvalue weighted by atomic mass is 9.85. The molecule has 0 spiro atoms. The van der Waals surface area contributed by atoms with Crippen LogP contribution in [0.4, 0.5) is 0 Å². The van der Waals surface area contributed by atoms with Gasteiger partial charge in [-0.15, -0.1) is 0 Å². The quantitative estimate of drug-likeness (QED) is 0.566. The predicted octanol–water partition coefficient (Wildman–Crippen LogP) is 5.44. The number of carbonyl (C=O) groups is 1. The number of allylic oxidation sites excluding steroid dienone is 2. The van der Waals surface area contributed by atoms with Gasteiger partial charge in [0.25, 0.3) is 0 Å². The highest BCUT2D eigenvalue weighted by atomic mass is 16.1. The Labute approximate surface area is 113 Å². The summed E-state index contributed by atoms with van der Waals surface area (Å²) in [6.45, 7) is 6.57. The van der Waals surface area contributed by atoms with Crippen molar-refractivity contribution in [3.8, 4) is 0 Å². The predicted molar refractivity (Wildman–Crippen MR) is 78.7 cm³/mol. The van der Waals surface area contributed by atoms with Gasteiger partial charge in [-0.25, -0.2) is 0 Å². The van der Waals surface area contributed by atoms with Gasteiger partial charge in [-0.3, -0.25) is 4.79 Å². The Hall–Kier alpha value is -0.590. The van der Waals surface area contributed by atoms with E-state index in [4.69, 9.17) is 0 Å². The van der Waals surface area contributed by atoms with Crippen LogP contribution in [0.5, 0.6) is 0 Å². The highest BCUT2D eigenvalue weighted by molar-refractivity contribution is 5.78. The fourth-order valence-corrected chi connectivity index (χ4v) is 2.85. The van der Waals surface area contributed by atoms with Crippen LogP contribution in [-0.2, 0) is 4.79 Å². The molecule has 104 valence electrons. The molecule has 1 saturated carbocycles. The van der Waals surface area contributed by atoms with Crippen LogP contribution >= 0.6 is 0 Å². The van der Waals surface area contributed by atoms with E-state index in [9.17, 15) is 4.79 Å². The summed E-state index contributed by atoms with van der Waals surface area (Å²) in [5.74, 6) is 1.00. The molecule has 18 heavy (non-hydrogen) atoms. The zero-order chi connectivity index (χ0) is 13.4. The van der Waals surface area contributed by atoms with E-state index >= 15 is 0 Å². The molecule has 0 amide bonds. The van der Waals surface area contributed by atoms with Crippen LogP contribution in [0.3, 0.4) is 0 Å². The Morgan fingerprint density at radius 2 is 1.44 bits per heavy atom. The molecule has 1 rings (SSSR count). The van der Waals surface area contributed by atoms with Gasteiger partial charge in [0, 0.05) is 12.8 Å². The molecule has 1 fully saturated rings. The van der Waals surface area contributed by atoms with Crippen molar-refractivity contribution < 1.29 is 4.79 Å². The van der Waals surface area contributed by atoms with Crippen LogP contribution in [0.2, 0.25) is 0 Å². The fourth-order valence-electron chi connectivity index (χ4n) is 2.85. The summed E-state index contributed by atoms with van der Waals surface area (Å²) in [4.78, 5) is 12.0. The van der Waals surface area contributed by atoms with Crippen molar-refractivity contribution in [2.24, 2.45) is 5.92 Å². The summed E-state index contributed by atoms with van der Waals surface area (Å²) in [5.41, 5.74) is 2.86. The molecule has 0 N–H and O–H groups in total. The molecule has 0 aromatic carbocycles. The number of Topliss-reactive ketones (excluding diaryl/α,β-unsaturated/α-hetero) is 1. The van der Waals surface area contributed by atoms with Crippen molar-refractivity contribution in [3.63, 3.8) is 0 Å². The second-order valence-electron chi connectivity index (χ2n) is 6.14. The van der Waals surface area contributed by atoms with E-state index in [0.29, 0.717) is 11.7 Å². The summed E-state index contributed by atoms with van der Waals surface area (Å²) in [6, 6.07) is 0. The monoisotopic (exact) mass is 250 g/mol. The summed E-state index contributed by atoms with van der Waals surface area (Å²) >= 11 is 0. The minimum absolute atomic E-state index is 0.487. The van der Waals surface area contributed by atoms with Crippen LogP contribution < -0.4 is 0 Å². The Kier molecular flexibility index (Phi) is 7.31. The minimum Gasteiger partial charge on any atom is -0.300 e. The summed E-state index contributed by atoms with van der Waals surface area (Å²) in [7, 11) is 0. The van der Waals surface area contributed by atoms with Crippen LogP contribution in [-0.4, -0.2) is 5.78 Å². The lowest BCUT2D eigenvalue weighted by molar-refractivity contribution is -0.119. The molecular formula is C17H30O. The number of hydrogen-bond donors (Lipinski definition) is 0. The normalized spacial score (nSPS) is 23.9. The van der Waals surface area contributed by atoms with Crippen LogP contribution in [0.25, 0.3) is 0 Å². The van der Waals surface area contributed by atoms with Gasteiger partial charge in [-0.2, -0.15) is 0 Å². The molecule has 1 atom stereocenters. The fraction of sp³-hybridized carbons (Fsp3) is 0.824. The standard InChI is InChI=1S/C17H30O/c1-14(2)15(3)16-11-9-7-5-4-6-8-10-12-17(18)13-16/h16H,4-13H2,1-3H3. The maximum atomic E-state index is 12.0. The minimum atomic E-state index is 0.487. The van der Waals surface area contributed by atoms with Crippen LogP contribution in [0, 0.1) is 5.92 Å². The van der Waals surface area contributed by atoms with Crippen LogP contribution in [0.1, 0.15) is 85.0 Å². The Balaban J connectivity index is 2.60. The van der Waals surface area contributed by atoms with Gasteiger partial charge < -0.3 is 0 Å². The molecule has 0 saturated heterocycles. The van der Waals surface area contributed by atoms with E-state index < -0.39 is 0 Å². The van der Waals surface area contributed by atoms with Gasteiger partial charge in [0.15, 0.2) is 0 Å². The molecule has 0 heterocycles. The smallest absolute Gasteiger partial charge is 0.133 e. The average Bonchev–Trinajstić information content (AvgIpc) is 2.32. The summed E-state index contributed by atoms with van der Waals surface area (Å²) in [5, 5.41) is 0. The zero-order valence-electron chi connectivity index (χ0n) is 12.6. The number of ketones is 1. The molecule has 1 aliphatic rings. The van der Waals surface area contributed by atoms with Gasteiger partial charge in [0.2, 0.25) is 0 Å². The van der Waals surface area contributed by atoms with Gasteiger partial charge >= 0.3 is 0 Å². The van der Waals surface area contributed by atoms with E-state index in [-0.39, 0.29) is 0 Å². The molecule has 1 nitrogen and oxygen atoms in total. The number of rotatable bonds is 1. The summed E-state index contributed by atoms with van der Waals surface area (Å²) < 4.78 is 0. The Morgan fingerprint density at radius 1 is 0.889 bits per heavy atom. The number of carbonyl (C=O) groups excluding carboxylic acids is 1. The van der Waals surface area contributed by atoms with Gasteiger partial charge in [0.1, 0.15) is 5.78 Å². The Bertz CT molecular complexity index is 284. The third-order valence-electron chi connectivity index (χ3n) is 4.38. The lowest BCUT2D eigenvalue weighted by Gasteiger charge is -2.19.